The largest absolute Gasteiger partial charge is 0.550 e. The van der Waals surface area contributed by atoms with Crippen LogP contribution in [0, 0.1) is 0 Å². The fourth-order valence-corrected chi connectivity index (χ4v) is 2.81. The van der Waals surface area contributed by atoms with Gasteiger partial charge in [0, 0.05) is 12.4 Å². The van der Waals surface area contributed by atoms with Crippen molar-refractivity contribution in [2.45, 2.75) is 83.3 Å². The summed E-state index contributed by atoms with van der Waals surface area (Å²) in [6.07, 6.45) is 6.80. The molecule has 0 aliphatic rings. The maximum atomic E-state index is 11.9. The van der Waals surface area contributed by atoms with Gasteiger partial charge < -0.3 is 24.2 Å². The molecule has 0 aromatic carbocycles. The number of carboxylic acids is 1. The van der Waals surface area contributed by atoms with Gasteiger partial charge in [0.15, 0.2) is 6.10 Å². The van der Waals surface area contributed by atoms with E-state index in [0.717, 1.165) is 19.3 Å². The smallest absolute Gasteiger partial charge is 0.308 e. The number of unbranched alkanes of at least 4 members (excludes halogenated alkanes) is 6. The van der Waals surface area contributed by atoms with Crippen molar-refractivity contribution in [3.8, 4) is 0 Å². The van der Waals surface area contributed by atoms with E-state index in [4.69, 9.17) is 4.74 Å². The summed E-state index contributed by atoms with van der Waals surface area (Å²) < 4.78 is 5.72. The maximum absolute atomic E-state index is 11.9. The minimum atomic E-state index is -1.24. The van der Waals surface area contributed by atoms with E-state index in [1.165, 1.54) is 25.7 Å². The van der Waals surface area contributed by atoms with Gasteiger partial charge in [0.05, 0.1) is 33.7 Å². The van der Waals surface area contributed by atoms with Gasteiger partial charge in [0.25, 0.3) is 0 Å². The Balaban J connectivity index is 4.04. The first-order valence-electron chi connectivity index (χ1n) is 9.52. The Labute approximate surface area is 152 Å². The van der Waals surface area contributed by atoms with Gasteiger partial charge in [-0.3, -0.25) is 4.79 Å². The molecule has 0 aromatic heterocycles. The third-order valence-corrected chi connectivity index (χ3v) is 3.99. The molecule has 0 aromatic rings. The fourth-order valence-electron chi connectivity index (χ4n) is 2.81. The number of hydrogen-bond acceptors (Lipinski definition) is 5. The predicted molar refractivity (Wildman–Crippen MR) is 95.6 cm³/mol. The highest BCUT2D eigenvalue weighted by Crippen LogP contribution is 2.12. The highest BCUT2D eigenvalue weighted by molar-refractivity contribution is 5.71. The zero-order valence-electron chi connectivity index (χ0n) is 16.5. The van der Waals surface area contributed by atoms with Crippen LogP contribution in [0.3, 0.4) is 0 Å². The summed E-state index contributed by atoms with van der Waals surface area (Å²) in [4.78, 5) is 22.7. The third-order valence-electron chi connectivity index (χ3n) is 3.99. The van der Waals surface area contributed by atoms with Gasteiger partial charge in [-0.15, -0.1) is 0 Å². The molecule has 0 rings (SSSR count). The zero-order chi connectivity index (χ0) is 19.3. The quantitative estimate of drug-likeness (QED) is 0.273. The minimum Gasteiger partial charge on any atom is -0.550 e. The number of carbonyl (C=O) groups is 2. The van der Waals surface area contributed by atoms with Crippen LogP contribution in [0.4, 0.5) is 0 Å². The van der Waals surface area contributed by atoms with Gasteiger partial charge >= 0.3 is 5.97 Å². The second-order valence-corrected chi connectivity index (χ2v) is 7.93. The van der Waals surface area contributed by atoms with Crippen molar-refractivity contribution in [2.24, 2.45) is 0 Å². The molecule has 0 fully saturated rings. The van der Waals surface area contributed by atoms with Crippen molar-refractivity contribution in [2.75, 3.05) is 27.7 Å². The Kier molecular flexibility index (Phi) is 12.5. The molecule has 2 unspecified atom stereocenters. The molecule has 6 heteroatoms. The van der Waals surface area contributed by atoms with E-state index in [0.29, 0.717) is 17.4 Å². The van der Waals surface area contributed by atoms with E-state index < -0.39 is 24.1 Å². The lowest BCUT2D eigenvalue weighted by atomic mass is 10.0. The first-order valence-corrected chi connectivity index (χ1v) is 9.52. The van der Waals surface area contributed by atoms with Crippen molar-refractivity contribution < 1.29 is 29.0 Å². The molecule has 0 aliphatic carbocycles. The van der Waals surface area contributed by atoms with Gasteiger partial charge in [0.1, 0.15) is 6.54 Å². The van der Waals surface area contributed by atoms with E-state index in [-0.39, 0.29) is 12.8 Å². The SMILES string of the molecule is CCCCCCCCCC(O)CC(=O)OC(CC(=O)[O-])C[N+](C)(C)C. The Hall–Kier alpha value is -1.14. The van der Waals surface area contributed by atoms with Crippen LogP contribution in [0.15, 0.2) is 0 Å². The molecule has 0 saturated heterocycles. The second kappa shape index (κ2) is 13.1. The Morgan fingerprint density at radius 2 is 1.56 bits per heavy atom. The molecule has 1 N–H and O–H groups in total. The summed E-state index contributed by atoms with van der Waals surface area (Å²) in [7, 11) is 5.68. The fraction of sp³-hybridized carbons (Fsp3) is 0.895. The van der Waals surface area contributed by atoms with E-state index in [2.05, 4.69) is 6.92 Å². The monoisotopic (exact) mass is 359 g/mol. The molecule has 0 radical (unpaired) electrons. The van der Waals surface area contributed by atoms with Crippen molar-refractivity contribution in [3.05, 3.63) is 0 Å². The first kappa shape index (κ1) is 23.9. The first-order chi connectivity index (χ1) is 11.6. The van der Waals surface area contributed by atoms with Crippen LogP contribution in [0.5, 0.6) is 0 Å². The minimum absolute atomic E-state index is 0.0868. The maximum Gasteiger partial charge on any atom is 0.308 e. The summed E-state index contributed by atoms with van der Waals surface area (Å²) in [5, 5.41) is 20.8. The number of aliphatic hydroxyl groups is 1. The lowest BCUT2D eigenvalue weighted by Crippen LogP contribution is -2.45. The molecule has 0 saturated carbocycles. The number of aliphatic hydroxyl groups excluding tert-OH is 1. The highest BCUT2D eigenvalue weighted by Gasteiger charge is 2.23. The standard InChI is InChI=1S/C19H37NO5/c1-5-6-7-8-9-10-11-12-16(21)13-19(24)25-17(14-18(22)23)15-20(2,3)4/h16-17,21H,5-15H2,1-4H3. The van der Waals surface area contributed by atoms with Crippen molar-refractivity contribution >= 4 is 11.9 Å². The predicted octanol–water partition coefficient (Wildman–Crippen LogP) is 1.64. The average molecular weight is 360 g/mol. The number of nitrogens with zero attached hydrogens (tertiary/aromatic N) is 1. The van der Waals surface area contributed by atoms with Crippen LogP contribution in [0.25, 0.3) is 0 Å². The summed E-state index contributed by atoms with van der Waals surface area (Å²) in [6.45, 7) is 2.57. The molecular weight excluding hydrogens is 322 g/mol. The van der Waals surface area contributed by atoms with Crippen LogP contribution in [0.1, 0.15) is 71.1 Å². The normalized spacial score (nSPS) is 14.1. The summed E-state index contributed by atoms with van der Waals surface area (Å²) in [5.74, 6) is -1.79. The molecular formula is C19H37NO5. The van der Waals surface area contributed by atoms with E-state index >= 15 is 0 Å². The van der Waals surface area contributed by atoms with Crippen molar-refractivity contribution in [1.82, 2.24) is 0 Å². The summed E-state index contributed by atoms with van der Waals surface area (Å²) in [6, 6.07) is 0. The van der Waals surface area contributed by atoms with Crippen LogP contribution in [0.2, 0.25) is 0 Å². The average Bonchev–Trinajstić information content (AvgIpc) is 2.43. The molecule has 25 heavy (non-hydrogen) atoms. The van der Waals surface area contributed by atoms with Gasteiger partial charge in [-0.05, 0) is 6.42 Å². The number of esters is 1. The van der Waals surface area contributed by atoms with Crippen LogP contribution in [-0.4, -0.2) is 61.4 Å². The molecule has 0 amide bonds. The molecule has 148 valence electrons. The van der Waals surface area contributed by atoms with Crippen molar-refractivity contribution in [3.63, 3.8) is 0 Å². The Bertz CT molecular complexity index is 379. The van der Waals surface area contributed by atoms with Gasteiger partial charge in [-0.2, -0.15) is 0 Å². The molecule has 2 atom stereocenters. The van der Waals surface area contributed by atoms with Crippen LogP contribution < -0.4 is 5.11 Å². The van der Waals surface area contributed by atoms with Crippen LogP contribution >= 0.6 is 0 Å². The number of hydrogen-bond donors (Lipinski definition) is 1. The number of rotatable bonds is 15. The molecule has 0 spiro atoms. The van der Waals surface area contributed by atoms with E-state index in [1.807, 2.05) is 21.1 Å². The third kappa shape index (κ3) is 16.1. The second-order valence-electron chi connectivity index (χ2n) is 7.93. The zero-order valence-corrected chi connectivity index (χ0v) is 16.5. The number of carbonyl (C=O) groups excluding carboxylic acids is 2. The van der Waals surface area contributed by atoms with Crippen LogP contribution in [-0.2, 0) is 14.3 Å². The molecule has 0 bridgehead atoms. The lowest BCUT2D eigenvalue weighted by Gasteiger charge is -2.29. The van der Waals surface area contributed by atoms with E-state index in [9.17, 15) is 19.8 Å². The highest BCUT2D eigenvalue weighted by atomic mass is 16.5. The number of aliphatic carboxylic acids is 1. The summed E-state index contributed by atoms with van der Waals surface area (Å²) in [5.41, 5.74) is 0. The summed E-state index contributed by atoms with van der Waals surface area (Å²) >= 11 is 0. The lowest BCUT2D eigenvalue weighted by molar-refractivity contribution is -0.873. The van der Waals surface area contributed by atoms with Crippen molar-refractivity contribution in [1.29, 1.82) is 0 Å². The Morgan fingerprint density at radius 3 is 2.08 bits per heavy atom. The van der Waals surface area contributed by atoms with E-state index in [1.54, 1.807) is 0 Å². The number of likely N-dealkylation sites (N-methyl/N-ethyl adjacent to an activating group) is 1. The number of ether oxygens (including phenoxy) is 1. The topological polar surface area (TPSA) is 86.7 Å². The molecule has 6 nitrogen and oxygen atoms in total. The van der Waals surface area contributed by atoms with Gasteiger partial charge in [-0.25, -0.2) is 0 Å². The number of carboxylic acid groups (broad SMARTS) is 1. The van der Waals surface area contributed by atoms with Gasteiger partial charge in [-0.1, -0.05) is 51.9 Å². The van der Waals surface area contributed by atoms with Gasteiger partial charge in [0.2, 0.25) is 0 Å². The molecule has 0 heterocycles. The molecule has 0 aliphatic heterocycles. The Morgan fingerprint density at radius 1 is 1.00 bits per heavy atom. The number of quaternary nitrogens is 1.